The average Bonchev–Trinajstić information content (AvgIpc) is 2.63. The second kappa shape index (κ2) is 2.98. The first-order chi connectivity index (χ1) is 6.87. The van der Waals surface area contributed by atoms with Gasteiger partial charge in [0.05, 0.1) is 0 Å². The molecule has 0 spiro atoms. The van der Waals surface area contributed by atoms with Crippen molar-refractivity contribution in [2.45, 2.75) is 25.8 Å². The third kappa shape index (κ3) is 1.35. The van der Waals surface area contributed by atoms with Gasteiger partial charge in [0.2, 0.25) is 0 Å². The summed E-state index contributed by atoms with van der Waals surface area (Å²) >= 11 is 0. The second-order valence-corrected chi connectivity index (χ2v) is 4.58. The van der Waals surface area contributed by atoms with Crippen LogP contribution in [0, 0.1) is 22.9 Å². The molecule has 15 heavy (non-hydrogen) atoms. The molecule has 0 saturated heterocycles. The molecule has 0 aromatic heterocycles. The van der Waals surface area contributed by atoms with E-state index in [1.807, 2.05) is 13.8 Å². The van der Waals surface area contributed by atoms with Crippen molar-refractivity contribution in [2.24, 2.45) is 11.1 Å². The van der Waals surface area contributed by atoms with Crippen LogP contribution in [0.2, 0.25) is 0 Å². The molecule has 1 nitrogen and oxygen atoms in total. The Bertz CT molecular complexity index is 415. The summed E-state index contributed by atoms with van der Waals surface area (Å²) in [4.78, 5) is 0. The van der Waals surface area contributed by atoms with Crippen molar-refractivity contribution in [2.75, 3.05) is 0 Å². The summed E-state index contributed by atoms with van der Waals surface area (Å²) in [5.74, 6) is -3.30. The molecule has 1 aromatic carbocycles. The molecule has 0 heterocycles. The molecule has 2 N–H and O–H groups in total. The van der Waals surface area contributed by atoms with Gasteiger partial charge in [0.1, 0.15) is 5.82 Å². The lowest BCUT2D eigenvalue weighted by Gasteiger charge is -2.06. The number of benzene rings is 1. The maximum Gasteiger partial charge on any atom is 0.165 e. The van der Waals surface area contributed by atoms with E-state index in [-0.39, 0.29) is 17.0 Å². The minimum absolute atomic E-state index is 0.215. The third-order valence-electron chi connectivity index (χ3n) is 3.30. The molecule has 0 unspecified atom stereocenters. The lowest BCUT2D eigenvalue weighted by molar-refractivity contribution is 0.471. The molecule has 4 heteroatoms. The molecule has 1 fully saturated rings. The monoisotopic (exact) mass is 215 g/mol. The van der Waals surface area contributed by atoms with E-state index in [9.17, 15) is 13.2 Å². The fraction of sp³-hybridized carbons (Fsp3) is 0.455. The van der Waals surface area contributed by atoms with Crippen LogP contribution in [0.25, 0.3) is 0 Å². The van der Waals surface area contributed by atoms with E-state index in [4.69, 9.17) is 5.73 Å². The van der Waals surface area contributed by atoms with Gasteiger partial charge in [-0.2, -0.15) is 0 Å². The highest BCUT2D eigenvalue weighted by molar-refractivity contribution is 5.36. The highest BCUT2D eigenvalue weighted by atomic mass is 19.2. The maximum absolute atomic E-state index is 13.4. The van der Waals surface area contributed by atoms with Gasteiger partial charge in [0.25, 0.3) is 0 Å². The van der Waals surface area contributed by atoms with Gasteiger partial charge in [-0.3, -0.25) is 0 Å². The Hall–Kier alpha value is -1.03. The summed E-state index contributed by atoms with van der Waals surface area (Å²) in [7, 11) is 0. The van der Waals surface area contributed by atoms with E-state index < -0.39 is 23.4 Å². The lowest BCUT2D eigenvalue weighted by atomic mass is 10.0. The molecule has 1 aromatic rings. The Morgan fingerprint density at radius 3 is 2.07 bits per heavy atom. The standard InChI is InChI=1S/C11H12F3N/c1-11(2)8(10(11)15)7-5(12)3-4-6(13)9(7)14/h3-4,8,10H,15H2,1-2H3/t8-,10-/m0/s1. The molecule has 1 saturated carbocycles. The van der Waals surface area contributed by atoms with E-state index in [1.54, 1.807) is 0 Å². The van der Waals surface area contributed by atoms with Crippen LogP contribution in [0.1, 0.15) is 25.3 Å². The van der Waals surface area contributed by atoms with Crippen molar-refractivity contribution >= 4 is 0 Å². The Morgan fingerprint density at radius 1 is 1.13 bits per heavy atom. The third-order valence-corrected chi connectivity index (χ3v) is 3.30. The first-order valence-electron chi connectivity index (χ1n) is 4.76. The van der Waals surface area contributed by atoms with E-state index in [1.165, 1.54) is 0 Å². The topological polar surface area (TPSA) is 26.0 Å². The largest absolute Gasteiger partial charge is 0.327 e. The highest BCUT2D eigenvalue weighted by Crippen LogP contribution is 2.58. The molecule has 82 valence electrons. The van der Waals surface area contributed by atoms with Gasteiger partial charge < -0.3 is 5.73 Å². The van der Waals surface area contributed by atoms with Gasteiger partial charge in [-0.25, -0.2) is 13.2 Å². The van der Waals surface area contributed by atoms with E-state index in [2.05, 4.69) is 0 Å². The van der Waals surface area contributed by atoms with Gasteiger partial charge >= 0.3 is 0 Å². The van der Waals surface area contributed by atoms with Crippen LogP contribution in [-0.4, -0.2) is 6.04 Å². The van der Waals surface area contributed by atoms with Crippen LogP contribution >= 0.6 is 0 Å². The van der Waals surface area contributed by atoms with Gasteiger partial charge in [-0.1, -0.05) is 13.8 Å². The molecule has 0 aliphatic heterocycles. The highest BCUT2D eigenvalue weighted by Gasteiger charge is 2.58. The number of nitrogens with two attached hydrogens (primary N) is 1. The zero-order valence-electron chi connectivity index (χ0n) is 8.52. The SMILES string of the molecule is CC1(C)[C@@H](N)[C@@H]1c1c(F)ccc(F)c1F. The van der Waals surface area contributed by atoms with E-state index >= 15 is 0 Å². The Labute approximate surface area is 86.1 Å². The summed E-state index contributed by atoms with van der Waals surface area (Å²) in [5.41, 5.74) is 5.13. The molecule has 2 atom stereocenters. The quantitative estimate of drug-likeness (QED) is 0.716. The molecule has 1 aliphatic carbocycles. The number of halogens is 3. The Morgan fingerprint density at radius 2 is 1.60 bits per heavy atom. The summed E-state index contributed by atoms with van der Waals surface area (Å²) in [6.07, 6.45) is 0. The van der Waals surface area contributed by atoms with Crippen LogP contribution < -0.4 is 5.73 Å². The van der Waals surface area contributed by atoms with Crippen LogP contribution in [0.15, 0.2) is 12.1 Å². The molecular formula is C11H12F3N. The molecule has 0 radical (unpaired) electrons. The summed E-state index contributed by atoms with van der Waals surface area (Å²) < 4.78 is 39.7. The Kier molecular flexibility index (Phi) is 2.08. The summed E-state index contributed by atoms with van der Waals surface area (Å²) in [6, 6.07) is 1.41. The smallest absolute Gasteiger partial charge is 0.165 e. The predicted octanol–water partition coefficient (Wildman–Crippen LogP) is 2.55. The molecule has 0 amide bonds. The molecule has 2 rings (SSSR count). The van der Waals surface area contributed by atoms with Crippen molar-refractivity contribution in [1.29, 1.82) is 0 Å². The van der Waals surface area contributed by atoms with Crippen molar-refractivity contribution < 1.29 is 13.2 Å². The van der Waals surface area contributed by atoms with Crippen LogP contribution in [0.4, 0.5) is 13.2 Å². The number of hydrogen-bond acceptors (Lipinski definition) is 1. The minimum atomic E-state index is -1.11. The predicted molar refractivity (Wildman–Crippen MR) is 50.8 cm³/mol. The molecular weight excluding hydrogens is 203 g/mol. The van der Waals surface area contributed by atoms with E-state index in [0.29, 0.717) is 0 Å². The summed E-state index contributed by atoms with van der Waals surface area (Å²) in [6.45, 7) is 3.62. The molecule has 0 bridgehead atoms. The zero-order chi connectivity index (χ0) is 11.4. The van der Waals surface area contributed by atoms with E-state index in [0.717, 1.165) is 12.1 Å². The van der Waals surface area contributed by atoms with Crippen molar-refractivity contribution in [3.63, 3.8) is 0 Å². The zero-order valence-corrected chi connectivity index (χ0v) is 8.52. The molecule has 1 aliphatic rings. The normalized spacial score (nSPS) is 27.9. The number of hydrogen-bond donors (Lipinski definition) is 1. The maximum atomic E-state index is 13.4. The lowest BCUT2D eigenvalue weighted by Crippen LogP contribution is -2.07. The first kappa shape index (κ1) is 10.5. The number of rotatable bonds is 1. The average molecular weight is 215 g/mol. The first-order valence-corrected chi connectivity index (χ1v) is 4.76. The van der Waals surface area contributed by atoms with Crippen molar-refractivity contribution in [3.05, 3.63) is 35.1 Å². The fourth-order valence-corrected chi connectivity index (χ4v) is 2.06. The van der Waals surface area contributed by atoms with Crippen LogP contribution in [0.3, 0.4) is 0 Å². The van der Waals surface area contributed by atoms with Gasteiger partial charge in [-0.15, -0.1) is 0 Å². The van der Waals surface area contributed by atoms with Gasteiger partial charge in [-0.05, 0) is 17.5 Å². The minimum Gasteiger partial charge on any atom is -0.327 e. The van der Waals surface area contributed by atoms with Crippen LogP contribution in [-0.2, 0) is 0 Å². The summed E-state index contributed by atoms with van der Waals surface area (Å²) in [5, 5.41) is 0. The fourth-order valence-electron chi connectivity index (χ4n) is 2.06. The van der Waals surface area contributed by atoms with Crippen molar-refractivity contribution in [1.82, 2.24) is 0 Å². The van der Waals surface area contributed by atoms with Gasteiger partial charge in [0, 0.05) is 17.5 Å². The second-order valence-electron chi connectivity index (χ2n) is 4.58. The van der Waals surface area contributed by atoms with Crippen LogP contribution in [0.5, 0.6) is 0 Å². The van der Waals surface area contributed by atoms with Gasteiger partial charge in [0.15, 0.2) is 11.6 Å². The van der Waals surface area contributed by atoms with Crippen molar-refractivity contribution in [3.8, 4) is 0 Å². The Balaban J connectivity index is 2.51.